The number of likely N-dealkylation sites (tertiary alicyclic amines) is 1. The van der Waals surface area contributed by atoms with Crippen molar-refractivity contribution in [2.75, 3.05) is 39.3 Å². The minimum atomic E-state index is -0.697. The molecular weight excluding hydrogens is 288 g/mol. The molecule has 2 saturated heterocycles. The number of carbonyl (C=O) groups is 1. The Kier molecular flexibility index (Phi) is 6.46. The Balaban J connectivity index is 1.74. The third kappa shape index (κ3) is 4.68. The monoisotopic (exact) mass is 324 g/mol. The predicted octanol–water partition coefficient (Wildman–Crippen LogP) is 1.52. The van der Waals surface area contributed by atoms with Crippen LogP contribution in [0.15, 0.2) is 0 Å². The minimum absolute atomic E-state index is 0.126. The van der Waals surface area contributed by atoms with E-state index >= 15 is 0 Å². The summed E-state index contributed by atoms with van der Waals surface area (Å²) in [4.78, 5) is 19.6. The zero-order valence-electron chi connectivity index (χ0n) is 15.6. The zero-order valence-corrected chi connectivity index (χ0v) is 15.6. The second-order valence-corrected chi connectivity index (χ2v) is 7.81. The summed E-state index contributed by atoms with van der Waals surface area (Å²) >= 11 is 0. The third-order valence-electron chi connectivity index (χ3n) is 5.73. The number of nitrogens with two attached hydrogens (primary N) is 1. The topological polar surface area (TPSA) is 52.8 Å². The first-order valence-corrected chi connectivity index (χ1v) is 9.41. The molecule has 0 bridgehead atoms. The fourth-order valence-corrected chi connectivity index (χ4v) is 4.11. The molecule has 3 atom stereocenters. The van der Waals surface area contributed by atoms with Gasteiger partial charge in [0.25, 0.3) is 0 Å². The lowest BCUT2D eigenvalue weighted by atomic mass is 9.95. The number of piperazine rings is 1. The SMILES string of the molecule is CCCC(C)(N)C(=O)N1CCN(CCN2C(C)CCC2C)CC1. The summed E-state index contributed by atoms with van der Waals surface area (Å²) in [7, 11) is 0. The van der Waals surface area contributed by atoms with E-state index in [0.717, 1.165) is 64.2 Å². The smallest absolute Gasteiger partial charge is 0.242 e. The normalized spacial score (nSPS) is 29.7. The molecule has 0 aromatic carbocycles. The second kappa shape index (κ2) is 7.95. The molecule has 2 fully saturated rings. The van der Waals surface area contributed by atoms with Crippen LogP contribution >= 0.6 is 0 Å². The lowest BCUT2D eigenvalue weighted by molar-refractivity contribution is -0.138. The summed E-state index contributed by atoms with van der Waals surface area (Å²) in [6.07, 6.45) is 4.37. The Hall–Kier alpha value is -0.650. The van der Waals surface area contributed by atoms with Crippen LogP contribution in [-0.2, 0) is 4.79 Å². The van der Waals surface area contributed by atoms with Gasteiger partial charge in [-0.2, -0.15) is 0 Å². The second-order valence-electron chi connectivity index (χ2n) is 7.81. The van der Waals surface area contributed by atoms with E-state index < -0.39 is 5.54 Å². The van der Waals surface area contributed by atoms with Crippen molar-refractivity contribution in [3.05, 3.63) is 0 Å². The van der Waals surface area contributed by atoms with Crippen LogP contribution in [0.4, 0.5) is 0 Å². The number of hydrogen-bond donors (Lipinski definition) is 1. The van der Waals surface area contributed by atoms with Gasteiger partial charge in [-0.05, 0) is 40.0 Å². The van der Waals surface area contributed by atoms with Gasteiger partial charge in [0.1, 0.15) is 0 Å². The fourth-order valence-electron chi connectivity index (χ4n) is 4.11. The average Bonchev–Trinajstić information content (AvgIpc) is 2.84. The van der Waals surface area contributed by atoms with E-state index in [2.05, 4.69) is 30.6 Å². The van der Waals surface area contributed by atoms with E-state index in [1.54, 1.807) is 0 Å². The Morgan fingerprint density at radius 3 is 2.17 bits per heavy atom. The predicted molar refractivity (Wildman–Crippen MR) is 95.4 cm³/mol. The molecule has 2 N–H and O–H groups in total. The number of amides is 1. The van der Waals surface area contributed by atoms with Gasteiger partial charge in [0.2, 0.25) is 5.91 Å². The van der Waals surface area contributed by atoms with Crippen molar-refractivity contribution in [3.63, 3.8) is 0 Å². The highest BCUT2D eigenvalue weighted by molar-refractivity contribution is 5.85. The van der Waals surface area contributed by atoms with E-state index in [9.17, 15) is 4.79 Å². The maximum Gasteiger partial charge on any atom is 0.242 e. The molecular formula is C18H36N4O. The van der Waals surface area contributed by atoms with Crippen LogP contribution in [0, 0.1) is 0 Å². The van der Waals surface area contributed by atoms with E-state index in [0.29, 0.717) is 0 Å². The summed E-state index contributed by atoms with van der Waals surface area (Å²) in [5.41, 5.74) is 5.50. The standard InChI is InChI=1S/C18H36N4O/c1-5-8-18(4,19)17(23)21-12-9-20(10-13-21)11-14-22-15(2)6-7-16(22)3/h15-16H,5-14,19H2,1-4H3. The summed E-state index contributed by atoms with van der Waals surface area (Å²) in [6.45, 7) is 14.5. The Bertz CT molecular complexity index is 380. The molecule has 5 nitrogen and oxygen atoms in total. The Morgan fingerprint density at radius 1 is 1.09 bits per heavy atom. The molecule has 5 heteroatoms. The van der Waals surface area contributed by atoms with Crippen molar-refractivity contribution in [1.82, 2.24) is 14.7 Å². The number of carbonyl (C=O) groups excluding carboxylic acids is 1. The molecule has 23 heavy (non-hydrogen) atoms. The number of rotatable bonds is 6. The molecule has 3 unspecified atom stereocenters. The van der Waals surface area contributed by atoms with E-state index in [4.69, 9.17) is 5.73 Å². The molecule has 0 aliphatic carbocycles. The first-order valence-electron chi connectivity index (χ1n) is 9.41. The van der Waals surface area contributed by atoms with Gasteiger partial charge in [0.15, 0.2) is 0 Å². The van der Waals surface area contributed by atoms with Crippen molar-refractivity contribution in [2.24, 2.45) is 5.73 Å². The van der Waals surface area contributed by atoms with Gasteiger partial charge < -0.3 is 10.6 Å². The highest BCUT2D eigenvalue weighted by atomic mass is 16.2. The maximum atomic E-state index is 12.5. The summed E-state index contributed by atoms with van der Waals surface area (Å²) in [6, 6.07) is 1.44. The van der Waals surface area contributed by atoms with Crippen molar-refractivity contribution in [2.45, 2.75) is 71.0 Å². The van der Waals surface area contributed by atoms with Gasteiger partial charge >= 0.3 is 0 Å². The Labute approximate surface area is 142 Å². The lowest BCUT2D eigenvalue weighted by Crippen LogP contribution is -2.58. The highest BCUT2D eigenvalue weighted by Gasteiger charge is 2.33. The van der Waals surface area contributed by atoms with Crippen molar-refractivity contribution in [1.29, 1.82) is 0 Å². The highest BCUT2D eigenvalue weighted by Crippen LogP contribution is 2.23. The van der Waals surface area contributed by atoms with Crippen LogP contribution in [-0.4, -0.2) is 77.5 Å². The molecule has 2 rings (SSSR count). The summed E-state index contributed by atoms with van der Waals surface area (Å²) < 4.78 is 0. The van der Waals surface area contributed by atoms with Crippen LogP contribution < -0.4 is 5.73 Å². The average molecular weight is 325 g/mol. The van der Waals surface area contributed by atoms with E-state index in [1.807, 2.05) is 11.8 Å². The summed E-state index contributed by atoms with van der Waals surface area (Å²) in [5, 5.41) is 0. The van der Waals surface area contributed by atoms with Gasteiger partial charge in [-0.25, -0.2) is 0 Å². The number of hydrogen-bond acceptors (Lipinski definition) is 4. The third-order valence-corrected chi connectivity index (χ3v) is 5.73. The Morgan fingerprint density at radius 2 is 1.65 bits per heavy atom. The van der Waals surface area contributed by atoms with Crippen LogP contribution in [0.5, 0.6) is 0 Å². The van der Waals surface area contributed by atoms with Crippen molar-refractivity contribution in [3.8, 4) is 0 Å². The molecule has 2 aliphatic rings. The van der Waals surface area contributed by atoms with Crippen molar-refractivity contribution < 1.29 is 4.79 Å². The molecule has 134 valence electrons. The van der Waals surface area contributed by atoms with Gasteiger partial charge in [-0.1, -0.05) is 13.3 Å². The van der Waals surface area contributed by atoms with E-state index in [1.165, 1.54) is 12.8 Å². The molecule has 1 amide bonds. The molecule has 2 heterocycles. The maximum absolute atomic E-state index is 12.5. The van der Waals surface area contributed by atoms with Crippen LogP contribution in [0.2, 0.25) is 0 Å². The summed E-state index contributed by atoms with van der Waals surface area (Å²) in [5.74, 6) is 0.126. The van der Waals surface area contributed by atoms with Crippen LogP contribution in [0.3, 0.4) is 0 Å². The molecule has 2 aliphatic heterocycles. The molecule has 0 saturated carbocycles. The van der Waals surface area contributed by atoms with Crippen LogP contribution in [0.25, 0.3) is 0 Å². The molecule has 0 aromatic heterocycles. The van der Waals surface area contributed by atoms with Crippen LogP contribution in [0.1, 0.15) is 53.4 Å². The lowest BCUT2D eigenvalue weighted by Gasteiger charge is -2.39. The van der Waals surface area contributed by atoms with Gasteiger partial charge in [-0.15, -0.1) is 0 Å². The van der Waals surface area contributed by atoms with E-state index in [-0.39, 0.29) is 5.91 Å². The first kappa shape index (κ1) is 18.7. The minimum Gasteiger partial charge on any atom is -0.339 e. The van der Waals surface area contributed by atoms with Crippen molar-refractivity contribution >= 4 is 5.91 Å². The fraction of sp³-hybridized carbons (Fsp3) is 0.944. The number of nitrogens with zero attached hydrogens (tertiary/aromatic N) is 3. The van der Waals surface area contributed by atoms with Gasteiger partial charge in [0, 0.05) is 51.4 Å². The molecule has 0 spiro atoms. The zero-order chi connectivity index (χ0) is 17.0. The molecule has 0 aromatic rings. The largest absolute Gasteiger partial charge is 0.339 e. The quantitative estimate of drug-likeness (QED) is 0.805. The van der Waals surface area contributed by atoms with Gasteiger partial charge in [-0.3, -0.25) is 14.6 Å². The first-order chi connectivity index (χ1) is 10.8. The molecule has 0 radical (unpaired) electrons. The van der Waals surface area contributed by atoms with Gasteiger partial charge in [0.05, 0.1) is 5.54 Å².